The summed E-state index contributed by atoms with van der Waals surface area (Å²) in [4.78, 5) is 8.47. The first-order valence-electron chi connectivity index (χ1n) is 8.78. The predicted octanol–water partition coefficient (Wildman–Crippen LogP) is 3.20. The van der Waals surface area contributed by atoms with Crippen LogP contribution in [0.1, 0.15) is 12.5 Å². The van der Waals surface area contributed by atoms with E-state index >= 15 is 0 Å². The zero-order valence-corrected chi connectivity index (χ0v) is 16.1. The monoisotopic (exact) mass is 401 g/mol. The first kappa shape index (κ1) is 19.9. The van der Waals surface area contributed by atoms with Crippen molar-refractivity contribution >= 4 is 10.0 Å². The van der Waals surface area contributed by atoms with Gasteiger partial charge in [0.25, 0.3) is 0 Å². The number of nitrogens with one attached hydrogen (secondary N) is 1. The minimum atomic E-state index is -3.82. The van der Waals surface area contributed by atoms with Gasteiger partial charge >= 0.3 is 0 Å². The number of aromatic nitrogens is 2. The van der Waals surface area contributed by atoms with E-state index in [-0.39, 0.29) is 17.2 Å². The van der Waals surface area contributed by atoms with E-state index in [1.807, 2.05) is 30.3 Å². The van der Waals surface area contributed by atoms with E-state index in [1.165, 1.54) is 12.1 Å². The fraction of sp³-hybridized carbons (Fsp3) is 0.200. The molecule has 6 nitrogen and oxygen atoms in total. The molecule has 146 valence electrons. The van der Waals surface area contributed by atoms with E-state index in [1.54, 1.807) is 19.3 Å². The van der Waals surface area contributed by atoms with Crippen LogP contribution < -0.4 is 9.46 Å². The van der Waals surface area contributed by atoms with E-state index in [2.05, 4.69) is 14.7 Å². The summed E-state index contributed by atoms with van der Waals surface area (Å²) in [5.74, 6) is -0.0819. The standard InChI is InChI=1S/C20H20FN3O3S/c1-2-27-19-9-8-17(12-18(19)21)28(25,26)24-11-10-15-13-22-20(23-14-15)16-6-4-3-5-7-16/h3-9,12-14,24H,2,10-11H2,1H3. The van der Waals surface area contributed by atoms with Crippen molar-refractivity contribution in [2.24, 2.45) is 0 Å². The number of rotatable bonds is 8. The molecular formula is C20H20FN3O3S. The molecule has 0 aliphatic carbocycles. The fourth-order valence-corrected chi connectivity index (χ4v) is 3.60. The maximum absolute atomic E-state index is 13.9. The average Bonchev–Trinajstić information content (AvgIpc) is 2.71. The molecule has 0 aliphatic heterocycles. The van der Waals surface area contributed by atoms with Crippen LogP contribution in [0.15, 0.2) is 65.8 Å². The molecule has 0 unspecified atom stereocenters. The van der Waals surface area contributed by atoms with Gasteiger partial charge in [-0.05, 0) is 37.1 Å². The van der Waals surface area contributed by atoms with Crippen LogP contribution >= 0.6 is 0 Å². The van der Waals surface area contributed by atoms with E-state index in [9.17, 15) is 12.8 Å². The second kappa shape index (κ2) is 8.90. The van der Waals surface area contributed by atoms with Gasteiger partial charge in [-0.15, -0.1) is 0 Å². The number of halogens is 1. The second-order valence-electron chi connectivity index (χ2n) is 5.95. The number of ether oxygens (including phenoxy) is 1. The highest BCUT2D eigenvalue weighted by Gasteiger charge is 2.16. The topological polar surface area (TPSA) is 81.2 Å². The van der Waals surface area contributed by atoms with Crippen LogP contribution in [0.4, 0.5) is 4.39 Å². The van der Waals surface area contributed by atoms with Gasteiger partial charge in [-0.25, -0.2) is 27.5 Å². The predicted molar refractivity (Wildman–Crippen MR) is 104 cm³/mol. The molecule has 1 N–H and O–H groups in total. The molecule has 0 atom stereocenters. The van der Waals surface area contributed by atoms with Gasteiger partial charge in [0.2, 0.25) is 10.0 Å². The molecule has 0 radical (unpaired) electrons. The van der Waals surface area contributed by atoms with Crippen molar-refractivity contribution in [2.45, 2.75) is 18.2 Å². The summed E-state index contributed by atoms with van der Waals surface area (Å²) in [6.07, 6.45) is 3.74. The minimum Gasteiger partial charge on any atom is -0.491 e. The zero-order chi connectivity index (χ0) is 20.0. The van der Waals surface area contributed by atoms with Crippen LogP contribution in [-0.4, -0.2) is 31.5 Å². The van der Waals surface area contributed by atoms with E-state index < -0.39 is 15.8 Å². The summed E-state index contributed by atoms with van der Waals surface area (Å²) < 4.78 is 46.1. The number of nitrogens with zero attached hydrogens (tertiary/aromatic N) is 2. The molecule has 1 aromatic heterocycles. The summed E-state index contributed by atoms with van der Waals surface area (Å²) in [6.45, 7) is 2.17. The van der Waals surface area contributed by atoms with E-state index in [0.29, 0.717) is 18.9 Å². The van der Waals surface area contributed by atoms with Crippen LogP contribution in [0, 0.1) is 5.82 Å². The molecule has 2 aromatic carbocycles. The Bertz CT molecular complexity index is 1030. The SMILES string of the molecule is CCOc1ccc(S(=O)(=O)NCCc2cnc(-c3ccccc3)nc2)cc1F. The third-order valence-electron chi connectivity index (χ3n) is 3.96. The van der Waals surface area contributed by atoms with Crippen molar-refractivity contribution in [1.29, 1.82) is 0 Å². The molecule has 3 aromatic rings. The van der Waals surface area contributed by atoms with Crippen molar-refractivity contribution in [1.82, 2.24) is 14.7 Å². The van der Waals surface area contributed by atoms with Gasteiger partial charge in [0, 0.05) is 24.5 Å². The lowest BCUT2D eigenvalue weighted by Crippen LogP contribution is -2.26. The van der Waals surface area contributed by atoms with Crippen molar-refractivity contribution in [3.63, 3.8) is 0 Å². The number of benzene rings is 2. The Morgan fingerprint density at radius 3 is 2.43 bits per heavy atom. The molecule has 0 spiro atoms. The van der Waals surface area contributed by atoms with E-state index in [0.717, 1.165) is 17.2 Å². The minimum absolute atomic E-state index is 0.0251. The first-order chi connectivity index (χ1) is 13.5. The summed E-state index contributed by atoms with van der Waals surface area (Å²) in [6, 6.07) is 13.1. The van der Waals surface area contributed by atoms with Gasteiger partial charge < -0.3 is 4.74 Å². The van der Waals surface area contributed by atoms with Crippen molar-refractivity contribution in [2.75, 3.05) is 13.2 Å². The lowest BCUT2D eigenvalue weighted by Gasteiger charge is -2.09. The van der Waals surface area contributed by atoms with Crippen LogP contribution in [-0.2, 0) is 16.4 Å². The maximum atomic E-state index is 13.9. The second-order valence-corrected chi connectivity index (χ2v) is 7.72. The quantitative estimate of drug-likeness (QED) is 0.627. The fourth-order valence-electron chi connectivity index (χ4n) is 2.55. The largest absolute Gasteiger partial charge is 0.491 e. The molecule has 1 heterocycles. The van der Waals surface area contributed by atoms with E-state index in [4.69, 9.17) is 4.74 Å². The molecule has 0 bridgehead atoms. The van der Waals surface area contributed by atoms with Gasteiger partial charge in [0.1, 0.15) is 0 Å². The van der Waals surface area contributed by atoms with Crippen LogP contribution in [0.2, 0.25) is 0 Å². The Kier molecular flexibility index (Phi) is 6.33. The molecule has 0 saturated carbocycles. The summed E-state index contributed by atoms with van der Waals surface area (Å²) >= 11 is 0. The number of sulfonamides is 1. The van der Waals surface area contributed by atoms with Crippen LogP contribution in [0.3, 0.4) is 0 Å². The highest BCUT2D eigenvalue weighted by atomic mass is 32.2. The van der Waals surface area contributed by atoms with Crippen LogP contribution in [0.5, 0.6) is 5.75 Å². The molecule has 0 aliphatic rings. The number of hydrogen-bond acceptors (Lipinski definition) is 5. The average molecular weight is 401 g/mol. The Morgan fingerprint density at radius 2 is 1.79 bits per heavy atom. The first-order valence-corrected chi connectivity index (χ1v) is 10.3. The van der Waals surface area contributed by atoms with Gasteiger partial charge in [-0.2, -0.15) is 0 Å². The molecule has 3 rings (SSSR count). The Morgan fingerprint density at radius 1 is 1.07 bits per heavy atom. The number of hydrogen-bond donors (Lipinski definition) is 1. The van der Waals surface area contributed by atoms with Gasteiger partial charge in [0.15, 0.2) is 17.4 Å². The third kappa shape index (κ3) is 4.90. The third-order valence-corrected chi connectivity index (χ3v) is 5.42. The lowest BCUT2D eigenvalue weighted by molar-refractivity contribution is 0.321. The van der Waals surface area contributed by atoms with Gasteiger partial charge in [-0.3, -0.25) is 0 Å². The Labute approximate surface area is 163 Å². The Hall–Kier alpha value is -2.84. The Balaban J connectivity index is 1.60. The van der Waals surface area contributed by atoms with Crippen molar-refractivity contribution in [3.8, 4) is 17.1 Å². The summed E-state index contributed by atoms with van der Waals surface area (Å²) in [7, 11) is -3.82. The van der Waals surface area contributed by atoms with Crippen molar-refractivity contribution in [3.05, 3.63) is 72.3 Å². The normalized spacial score (nSPS) is 11.4. The molecule has 0 saturated heterocycles. The smallest absolute Gasteiger partial charge is 0.240 e. The summed E-state index contributed by atoms with van der Waals surface area (Å²) in [5, 5.41) is 0. The molecule has 0 fully saturated rings. The molecule has 28 heavy (non-hydrogen) atoms. The lowest BCUT2D eigenvalue weighted by atomic mass is 10.2. The van der Waals surface area contributed by atoms with Gasteiger partial charge in [0.05, 0.1) is 11.5 Å². The molecule has 0 amide bonds. The highest BCUT2D eigenvalue weighted by Crippen LogP contribution is 2.21. The van der Waals surface area contributed by atoms with Crippen molar-refractivity contribution < 1.29 is 17.5 Å². The summed E-state index contributed by atoms with van der Waals surface area (Å²) in [5.41, 5.74) is 1.70. The molecular weight excluding hydrogens is 381 g/mol. The van der Waals surface area contributed by atoms with Crippen LogP contribution in [0.25, 0.3) is 11.4 Å². The zero-order valence-electron chi connectivity index (χ0n) is 15.3. The molecule has 8 heteroatoms. The highest BCUT2D eigenvalue weighted by molar-refractivity contribution is 7.89. The van der Waals surface area contributed by atoms with Gasteiger partial charge in [-0.1, -0.05) is 30.3 Å². The maximum Gasteiger partial charge on any atom is 0.240 e.